The van der Waals surface area contributed by atoms with Crippen LogP contribution in [0.25, 0.3) is 0 Å². The minimum absolute atomic E-state index is 0.195. The Morgan fingerprint density at radius 1 is 1.21 bits per heavy atom. The smallest absolute Gasteiger partial charge is 0.0715 e. The number of benzene rings is 2. The Morgan fingerprint density at radius 2 is 2.00 bits per heavy atom. The van der Waals surface area contributed by atoms with Gasteiger partial charge in [0.1, 0.15) is 0 Å². The summed E-state index contributed by atoms with van der Waals surface area (Å²) < 4.78 is 0. The van der Waals surface area contributed by atoms with Gasteiger partial charge in [0.2, 0.25) is 0 Å². The lowest BCUT2D eigenvalue weighted by atomic mass is 9.76. The summed E-state index contributed by atoms with van der Waals surface area (Å²) in [6.45, 7) is 2.18. The van der Waals surface area contributed by atoms with Gasteiger partial charge in [0, 0.05) is 11.6 Å². The van der Waals surface area contributed by atoms with E-state index in [4.69, 9.17) is 0 Å². The monoisotopic (exact) mass is 318 g/mol. The summed E-state index contributed by atoms with van der Waals surface area (Å²) in [4.78, 5) is 11.0. The molecule has 0 fully saturated rings. The SMILES string of the molecule is CCc1cccc2c1NC(c1ccc(C(=O)[O-])cc1)C1CC=CC21. The van der Waals surface area contributed by atoms with Gasteiger partial charge < -0.3 is 15.2 Å². The maximum absolute atomic E-state index is 11.0. The van der Waals surface area contributed by atoms with Crippen LogP contribution >= 0.6 is 0 Å². The van der Waals surface area contributed by atoms with Gasteiger partial charge in [-0.2, -0.15) is 0 Å². The molecule has 1 aliphatic carbocycles. The summed E-state index contributed by atoms with van der Waals surface area (Å²) in [6.07, 6.45) is 6.63. The van der Waals surface area contributed by atoms with Crippen LogP contribution in [0.1, 0.15) is 52.4 Å². The van der Waals surface area contributed by atoms with Crippen LogP contribution in [0.4, 0.5) is 5.69 Å². The van der Waals surface area contributed by atoms with Crippen LogP contribution in [0.3, 0.4) is 0 Å². The topological polar surface area (TPSA) is 52.2 Å². The number of aromatic carboxylic acids is 1. The van der Waals surface area contributed by atoms with Gasteiger partial charge in [0.25, 0.3) is 0 Å². The molecule has 0 radical (unpaired) electrons. The molecular weight excluding hydrogens is 298 g/mol. The van der Waals surface area contributed by atoms with E-state index < -0.39 is 5.97 Å². The standard InChI is InChI=1S/C21H21NO2/c1-2-13-5-3-7-17-16-6-4-8-18(16)20(22-19(13)17)14-9-11-15(12-10-14)21(23)24/h3-7,9-12,16,18,20,22H,2,8H2,1H3,(H,23,24)/p-1. The van der Waals surface area contributed by atoms with Crippen molar-refractivity contribution in [2.24, 2.45) is 5.92 Å². The summed E-state index contributed by atoms with van der Waals surface area (Å²) in [5, 5.41) is 14.7. The first-order chi connectivity index (χ1) is 11.7. The molecule has 1 N–H and O–H groups in total. The lowest BCUT2D eigenvalue weighted by Crippen LogP contribution is -2.30. The van der Waals surface area contributed by atoms with Gasteiger partial charge in [-0.1, -0.05) is 61.5 Å². The fourth-order valence-corrected chi connectivity index (χ4v) is 4.14. The molecule has 3 nitrogen and oxygen atoms in total. The van der Waals surface area contributed by atoms with Crippen LogP contribution in [-0.4, -0.2) is 5.97 Å². The maximum Gasteiger partial charge on any atom is 0.0715 e. The van der Waals surface area contributed by atoms with Gasteiger partial charge in [-0.3, -0.25) is 0 Å². The van der Waals surface area contributed by atoms with E-state index >= 15 is 0 Å². The number of hydrogen-bond acceptors (Lipinski definition) is 3. The number of aryl methyl sites for hydroxylation is 1. The summed E-state index contributed by atoms with van der Waals surface area (Å²) >= 11 is 0. The molecule has 0 aromatic heterocycles. The molecule has 122 valence electrons. The van der Waals surface area contributed by atoms with Gasteiger partial charge in [-0.25, -0.2) is 0 Å². The highest BCUT2D eigenvalue weighted by molar-refractivity contribution is 5.85. The highest BCUT2D eigenvalue weighted by Gasteiger charge is 2.38. The Labute approximate surface area is 142 Å². The lowest BCUT2D eigenvalue weighted by Gasteiger charge is -2.38. The quantitative estimate of drug-likeness (QED) is 0.882. The van der Waals surface area contributed by atoms with Crippen molar-refractivity contribution in [1.29, 1.82) is 0 Å². The summed E-state index contributed by atoms with van der Waals surface area (Å²) in [5.74, 6) is -0.228. The van der Waals surface area contributed by atoms with Crippen LogP contribution in [0, 0.1) is 5.92 Å². The first-order valence-corrected chi connectivity index (χ1v) is 8.55. The predicted molar refractivity (Wildman–Crippen MR) is 92.9 cm³/mol. The van der Waals surface area contributed by atoms with E-state index in [1.807, 2.05) is 12.1 Å². The third kappa shape index (κ3) is 2.32. The Bertz CT molecular complexity index is 807. The normalized spacial score (nSPS) is 24.1. The zero-order valence-electron chi connectivity index (χ0n) is 13.7. The Kier molecular flexibility index (Phi) is 3.64. The van der Waals surface area contributed by atoms with E-state index in [2.05, 4.69) is 42.6 Å². The van der Waals surface area contributed by atoms with Crippen molar-refractivity contribution in [3.63, 3.8) is 0 Å². The minimum Gasteiger partial charge on any atom is -0.545 e. The number of carbonyl (C=O) groups excluding carboxylic acids is 1. The van der Waals surface area contributed by atoms with E-state index in [0.717, 1.165) is 18.4 Å². The minimum atomic E-state index is -1.13. The van der Waals surface area contributed by atoms with Crippen LogP contribution in [0.2, 0.25) is 0 Å². The molecule has 3 heteroatoms. The summed E-state index contributed by atoms with van der Waals surface area (Å²) in [5.41, 5.74) is 5.33. The average Bonchev–Trinajstić information content (AvgIpc) is 3.10. The molecule has 0 saturated heterocycles. The average molecular weight is 318 g/mol. The second kappa shape index (κ2) is 5.82. The second-order valence-electron chi connectivity index (χ2n) is 6.62. The molecule has 2 aliphatic rings. The van der Waals surface area contributed by atoms with Gasteiger partial charge in [-0.15, -0.1) is 0 Å². The van der Waals surface area contributed by atoms with Crippen molar-refractivity contribution in [2.45, 2.75) is 31.7 Å². The Morgan fingerprint density at radius 3 is 2.71 bits per heavy atom. The lowest BCUT2D eigenvalue weighted by molar-refractivity contribution is -0.255. The van der Waals surface area contributed by atoms with E-state index in [0.29, 0.717) is 11.8 Å². The molecular formula is C21H20NO2-. The molecule has 0 bridgehead atoms. The fraction of sp³-hybridized carbons (Fsp3) is 0.286. The van der Waals surface area contributed by atoms with Crippen LogP contribution in [-0.2, 0) is 6.42 Å². The van der Waals surface area contributed by atoms with Gasteiger partial charge >= 0.3 is 0 Å². The van der Waals surface area contributed by atoms with Crippen molar-refractivity contribution in [2.75, 3.05) is 5.32 Å². The first-order valence-electron chi connectivity index (χ1n) is 8.55. The molecule has 0 saturated carbocycles. The number of anilines is 1. The third-order valence-electron chi connectivity index (χ3n) is 5.37. The fourth-order valence-electron chi connectivity index (χ4n) is 4.14. The number of para-hydroxylation sites is 1. The zero-order chi connectivity index (χ0) is 16.7. The number of carbonyl (C=O) groups is 1. The molecule has 3 unspecified atom stereocenters. The third-order valence-corrected chi connectivity index (χ3v) is 5.37. The van der Waals surface area contributed by atoms with Crippen LogP contribution in [0.5, 0.6) is 0 Å². The Hall–Kier alpha value is -2.55. The highest BCUT2D eigenvalue weighted by Crippen LogP contribution is 2.50. The molecule has 3 atom stereocenters. The molecule has 24 heavy (non-hydrogen) atoms. The van der Waals surface area contributed by atoms with Crippen molar-refractivity contribution < 1.29 is 9.90 Å². The van der Waals surface area contributed by atoms with Gasteiger partial charge in [0.05, 0.1) is 12.0 Å². The van der Waals surface area contributed by atoms with E-state index in [9.17, 15) is 9.90 Å². The number of allylic oxidation sites excluding steroid dienone is 2. The van der Waals surface area contributed by atoms with Crippen molar-refractivity contribution >= 4 is 11.7 Å². The molecule has 0 spiro atoms. The largest absolute Gasteiger partial charge is 0.545 e. The number of fused-ring (bicyclic) bond motifs is 3. The molecule has 1 heterocycles. The zero-order valence-corrected chi connectivity index (χ0v) is 13.7. The second-order valence-corrected chi connectivity index (χ2v) is 6.62. The van der Waals surface area contributed by atoms with Crippen molar-refractivity contribution in [1.82, 2.24) is 0 Å². The van der Waals surface area contributed by atoms with E-state index in [-0.39, 0.29) is 11.6 Å². The van der Waals surface area contributed by atoms with Gasteiger partial charge in [0.15, 0.2) is 0 Å². The highest BCUT2D eigenvalue weighted by atomic mass is 16.4. The first kappa shape index (κ1) is 15.0. The van der Waals surface area contributed by atoms with Crippen molar-refractivity contribution in [3.8, 4) is 0 Å². The predicted octanol–water partition coefficient (Wildman–Crippen LogP) is 3.44. The molecule has 1 aliphatic heterocycles. The molecule has 2 aromatic carbocycles. The van der Waals surface area contributed by atoms with Gasteiger partial charge in [-0.05, 0) is 41.0 Å². The summed E-state index contributed by atoms with van der Waals surface area (Å²) in [7, 11) is 0. The number of nitrogens with one attached hydrogen (secondary N) is 1. The summed E-state index contributed by atoms with van der Waals surface area (Å²) in [6, 6.07) is 13.9. The molecule has 0 amide bonds. The number of carboxylic acid groups (broad SMARTS) is 1. The van der Waals surface area contributed by atoms with Crippen molar-refractivity contribution in [3.05, 3.63) is 76.9 Å². The molecule has 4 rings (SSSR count). The van der Waals surface area contributed by atoms with Crippen LogP contribution < -0.4 is 10.4 Å². The van der Waals surface area contributed by atoms with E-state index in [1.54, 1.807) is 12.1 Å². The number of hydrogen-bond donors (Lipinski definition) is 1. The number of carboxylic acids is 1. The Balaban J connectivity index is 1.76. The van der Waals surface area contributed by atoms with Crippen LogP contribution in [0.15, 0.2) is 54.6 Å². The maximum atomic E-state index is 11.0. The van der Waals surface area contributed by atoms with E-state index in [1.165, 1.54) is 16.8 Å². The molecule has 2 aromatic rings. The number of rotatable bonds is 3.